The molecule has 0 bridgehead atoms. The van der Waals surface area contributed by atoms with Crippen molar-refractivity contribution in [2.75, 3.05) is 0 Å². The third-order valence-corrected chi connectivity index (χ3v) is 0.911. The fraction of sp³-hybridized carbons (Fsp3) is 0.750. The summed E-state index contributed by atoms with van der Waals surface area (Å²) in [4.78, 5) is 9.90. The minimum atomic E-state index is 0. The Morgan fingerprint density at radius 2 is 1.67 bits per heavy atom. The number of carbonyl (C=O) groups is 1. The van der Waals surface area contributed by atoms with Gasteiger partial charge in [-0.3, -0.25) is 4.79 Å². The maximum absolute atomic E-state index is 9.90. The second kappa shape index (κ2) is 3.33. The van der Waals surface area contributed by atoms with E-state index >= 15 is 0 Å². The molecule has 0 radical (unpaired) electrons. The third kappa shape index (κ3) is 1.84. The molecule has 0 aromatic rings. The predicted molar refractivity (Wildman–Crippen MR) is 26.0 cm³/mol. The first-order valence-corrected chi connectivity index (χ1v) is 1.91. The third-order valence-electron chi connectivity index (χ3n) is 0.911. The van der Waals surface area contributed by atoms with Crippen LogP contribution in [0.25, 0.3) is 0 Å². The number of Topliss-reactive ketones (excluding diaryl/α,β-unsaturated/α-hetero) is 1. The van der Waals surface area contributed by atoms with Gasteiger partial charge in [-0.1, -0.05) is 0 Å². The molecule has 1 fully saturated rings. The van der Waals surface area contributed by atoms with E-state index in [9.17, 15) is 4.79 Å². The van der Waals surface area contributed by atoms with Crippen molar-refractivity contribution in [1.29, 1.82) is 0 Å². The van der Waals surface area contributed by atoms with E-state index in [1.165, 1.54) is 0 Å². The van der Waals surface area contributed by atoms with E-state index in [4.69, 9.17) is 0 Å². The van der Waals surface area contributed by atoms with Gasteiger partial charge in [0.25, 0.3) is 0 Å². The summed E-state index contributed by atoms with van der Waals surface area (Å²) in [7, 11) is 0. The fourth-order valence-electron chi connectivity index (χ4n) is 0.321. The van der Waals surface area contributed by atoms with E-state index in [0.717, 1.165) is 19.3 Å². The van der Waals surface area contributed by atoms with Crippen LogP contribution in [0.5, 0.6) is 0 Å². The van der Waals surface area contributed by atoms with Crippen LogP contribution >= 0.6 is 0 Å². The van der Waals surface area contributed by atoms with Crippen LogP contribution in [0.1, 0.15) is 19.3 Å². The van der Waals surface area contributed by atoms with Gasteiger partial charge in [0, 0.05) is 12.8 Å². The number of rotatable bonds is 0. The Morgan fingerprint density at radius 3 is 1.67 bits per heavy atom. The second-order valence-corrected chi connectivity index (χ2v) is 1.39. The molecule has 6 heavy (non-hydrogen) atoms. The van der Waals surface area contributed by atoms with Gasteiger partial charge < -0.3 is 0 Å². The number of hydrogen-bond donors (Lipinski definition) is 0. The summed E-state index contributed by atoms with van der Waals surface area (Å²) in [5.74, 6) is 0.435. The Balaban J connectivity index is 0.000000250. The van der Waals surface area contributed by atoms with Gasteiger partial charge in [0.1, 0.15) is 5.78 Å². The molecule has 1 aliphatic rings. The van der Waals surface area contributed by atoms with Gasteiger partial charge in [-0.15, -0.1) is 0 Å². The average molecular weight is 110 g/mol. The molecule has 0 heterocycles. The Hall–Kier alpha value is 1.31. The Morgan fingerprint density at radius 1 is 1.33 bits per heavy atom. The van der Waals surface area contributed by atoms with Crippen LogP contribution < -0.4 is 0 Å². The van der Waals surface area contributed by atoms with E-state index in [2.05, 4.69) is 0 Å². The predicted octanol–water partition coefficient (Wildman–Crippen LogP) is 0.0909. The van der Waals surface area contributed by atoms with Crippen molar-refractivity contribution in [2.45, 2.75) is 19.3 Å². The Labute approximate surface area is 79.9 Å². The molecular weight excluding hydrogens is 103 g/mol. The molecule has 1 nitrogen and oxygen atoms in total. The van der Waals surface area contributed by atoms with E-state index in [1.54, 1.807) is 0 Å². The van der Waals surface area contributed by atoms with Crippen LogP contribution in [0.15, 0.2) is 0 Å². The first-order valence-electron chi connectivity index (χ1n) is 1.91. The summed E-state index contributed by atoms with van der Waals surface area (Å²) in [6.45, 7) is 0. The molecule has 0 spiro atoms. The van der Waals surface area contributed by atoms with E-state index in [-0.39, 0.29) is 51.4 Å². The number of carbonyl (C=O) groups excluding carboxylic acids is 1. The van der Waals surface area contributed by atoms with Gasteiger partial charge in [0.15, 0.2) is 0 Å². The molecule has 1 saturated carbocycles. The summed E-state index contributed by atoms with van der Waals surface area (Å²) in [5.41, 5.74) is 0. The SMILES string of the molecule is O=C1CCC1.[KH]. The molecule has 0 amide bonds. The monoisotopic (exact) mass is 110 g/mol. The summed E-state index contributed by atoms with van der Waals surface area (Å²) in [6.07, 6.45) is 2.83. The van der Waals surface area contributed by atoms with Crippen LogP contribution in [-0.4, -0.2) is 57.2 Å². The first-order chi connectivity index (χ1) is 2.39. The molecule has 0 atom stereocenters. The first kappa shape index (κ1) is 7.31. The molecule has 0 aromatic heterocycles. The molecule has 0 saturated heterocycles. The number of hydrogen-bond acceptors (Lipinski definition) is 1. The summed E-state index contributed by atoms with van der Waals surface area (Å²) >= 11 is 0. The van der Waals surface area contributed by atoms with Crippen molar-refractivity contribution in [3.63, 3.8) is 0 Å². The topological polar surface area (TPSA) is 17.1 Å². The average Bonchev–Trinajstić information content (AvgIpc) is 1.30. The summed E-state index contributed by atoms with van der Waals surface area (Å²) < 4.78 is 0. The molecule has 2 heteroatoms. The van der Waals surface area contributed by atoms with Gasteiger partial charge in [0.05, 0.1) is 0 Å². The molecule has 30 valence electrons. The van der Waals surface area contributed by atoms with Crippen LogP contribution in [0, 0.1) is 0 Å². The summed E-state index contributed by atoms with van der Waals surface area (Å²) in [5, 5.41) is 0. The van der Waals surface area contributed by atoms with Crippen molar-refractivity contribution in [3.05, 3.63) is 0 Å². The van der Waals surface area contributed by atoms with Crippen molar-refractivity contribution in [1.82, 2.24) is 0 Å². The van der Waals surface area contributed by atoms with Gasteiger partial charge >= 0.3 is 51.4 Å². The molecule has 1 aliphatic carbocycles. The molecule has 0 aromatic carbocycles. The summed E-state index contributed by atoms with van der Waals surface area (Å²) in [6, 6.07) is 0. The van der Waals surface area contributed by atoms with E-state index in [0.29, 0.717) is 5.78 Å². The molecule has 0 unspecified atom stereocenters. The van der Waals surface area contributed by atoms with Crippen molar-refractivity contribution in [3.8, 4) is 0 Å². The van der Waals surface area contributed by atoms with Crippen LogP contribution in [-0.2, 0) is 4.79 Å². The van der Waals surface area contributed by atoms with Gasteiger partial charge in [-0.25, -0.2) is 0 Å². The number of ketones is 1. The Kier molecular flexibility index (Phi) is 4.05. The van der Waals surface area contributed by atoms with Crippen molar-refractivity contribution in [2.24, 2.45) is 0 Å². The van der Waals surface area contributed by atoms with Gasteiger partial charge in [0.2, 0.25) is 0 Å². The molecule has 0 N–H and O–H groups in total. The van der Waals surface area contributed by atoms with E-state index < -0.39 is 0 Å². The molecule has 0 aliphatic heterocycles. The van der Waals surface area contributed by atoms with Crippen LogP contribution in [0.2, 0.25) is 0 Å². The van der Waals surface area contributed by atoms with Crippen LogP contribution in [0.4, 0.5) is 0 Å². The van der Waals surface area contributed by atoms with E-state index in [1.807, 2.05) is 0 Å². The molecule has 1 rings (SSSR count). The fourth-order valence-corrected chi connectivity index (χ4v) is 0.321. The standard InChI is InChI=1S/C4H6O.K.H/c5-4-2-1-3-4;;/h1-3H2;;. The normalized spacial score (nSPS) is 18.3. The van der Waals surface area contributed by atoms with Gasteiger partial charge in [-0.05, 0) is 6.42 Å². The zero-order valence-electron chi connectivity index (χ0n) is 3.03. The van der Waals surface area contributed by atoms with Gasteiger partial charge in [-0.2, -0.15) is 0 Å². The minimum absolute atomic E-state index is 0. The second-order valence-electron chi connectivity index (χ2n) is 1.39. The zero-order valence-corrected chi connectivity index (χ0v) is 3.03. The maximum atomic E-state index is 9.90. The van der Waals surface area contributed by atoms with Crippen molar-refractivity contribution >= 4 is 57.2 Å². The van der Waals surface area contributed by atoms with Crippen LogP contribution in [0.3, 0.4) is 0 Å². The van der Waals surface area contributed by atoms with Crippen molar-refractivity contribution < 1.29 is 4.79 Å². The quantitative estimate of drug-likeness (QED) is 0.404. The zero-order chi connectivity index (χ0) is 3.70. The molecular formula is C4H7KO. The Bertz CT molecular complexity index is 54.6.